The molecule has 138 valence electrons. The van der Waals surface area contributed by atoms with Gasteiger partial charge in [-0.15, -0.1) is 0 Å². The normalized spacial score (nSPS) is 15.0. The van der Waals surface area contributed by atoms with Crippen molar-refractivity contribution in [3.63, 3.8) is 0 Å². The first-order valence-corrected chi connectivity index (χ1v) is 9.21. The number of amides is 2. The van der Waals surface area contributed by atoms with Crippen molar-refractivity contribution < 1.29 is 14.0 Å². The van der Waals surface area contributed by atoms with Gasteiger partial charge in [0.2, 0.25) is 0 Å². The highest BCUT2D eigenvalue weighted by molar-refractivity contribution is 6.04. The minimum atomic E-state index is -0.305. The second-order valence-corrected chi connectivity index (χ2v) is 6.91. The molecule has 1 saturated heterocycles. The topological polar surface area (TPSA) is 75.4 Å². The van der Waals surface area contributed by atoms with Gasteiger partial charge in [-0.3, -0.25) is 9.59 Å². The molecule has 0 radical (unpaired) electrons. The highest BCUT2D eigenvalue weighted by atomic mass is 16.3. The van der Waals surface area contributed by atoms with Crippen LogP contribution in [0.5, 0.6) is 0 Å². The van der Waals surface area contributed by atoms with Crippen LogP contribution in [0.4, 0.5) is 0 Å². The maximum absolute atomic E-state index is 13.1. The third kappa shape index (κ3) is 3.95. The van der Waals surface area contributed by atoms with Gasteiger partial charge in [0.25, 0.3) is 11.8 Å². The molecule has 2 amide bonds. The van der Waals surface area contributed by atoms with Crippen LogP contribution in [0.15, 0.2) is 35.1 Å². The van der Waals surface area contributed by atoms with Crippen molar-refractivity contribution in [1.29, 1.82) is 0 Å². The molecule has 1 aliphatic rings. The van der Waals surface area contributed by atoms with Crippen molar-refractivity contribution in [3.8, 4) is 11.3 Å². The van der Waals surface area contributed by atoms with Gasteiger partial charge in [0.15, 0.2) is 17.8 Å². The van der Waals surface area contributed by atoms with Gasteiger partial charge in [-0.2, -0.15) is 0 Å². The van der Waals surface area contributed by atoms with Crippen molar-refractivity contribution in [2.24, 2.45) is 0 Å². The smallest absolute Gasteiger partial charge is 0.274 e. The van der Waals surface area contributed by atoms with Crippen molar-refractivity contribution in [2.75, 3.05) is 13.1 Å². The molecule has 2 aromatic rings. The van der Waals surface area contributed by atoms with Gasteiger partial charge >= 0.3 is 0 Å². The average Bonchev–Trinajstić information content (AvgIpc) is 2.96. The monoisotopic (exact) mass is 355 g/mol. The van der Waals surface area contributed by atoms with Crippen LogP contribution in [0.3, 0.4) is 0 Å². The molecular formula is C20H25N3O3. The molecule has 0 atom stereocenters. The summed E-state index contributed by atoms with van der Waals surface area (Å²) >= 11 is 0. The molecule has 0 spiro atoms. The summed E-state index contributed by atoms with van der Waals surface area (Å²) in [5, 5.41) is 2.82. The number of carbonyl (C=O) groups is 2. The van der Waals surface area contributed by atoms with E-state index in [1.54, 1.807) is 12.1 Å². The van der Waals surface area contributed by atoms with Crippen molar-refractivity contribution in [3.05, 3.63) is 41.9 Å². The van der Waals surface area contributed by atoms with E-state index in [2.05, 4.69) is 10.3 Å². The highest BCUT2D eigenvalue weighted by Crippen LogP contribution is 2.28. The predicted octanol–water partition coefficient (Wildman–Crippen LogP) is 3.50. The van der Waals surface area contributed by atoms with Crippen LogP contribution in [0.2, 0.25) is 0 Å². The summed E-state index contributed by atoms with van der Waals surface area (Å²) in [5.74, 6) is 0.0109. The summed E-state index contributed by atoms with van der Waals surface area (Å²) < 4.78 is 5.51. The van der Waals surface area contributed by atoms with E-state index in [0.717, 1.165) is 38.8 Å². The molecule has 6 heteroatoms. The number of carbonyl (C=O) groups excluding carboxylic acids is 2. The number of rotatable bonds is 4. The van der Waals surface area contributed by atoms with Crippen LogP contribution in [0, 0.1) is 0 Å². The number of nitrogens with zero attached hydrogens (tertiary/aromatic N) is 2. The number of aromatic nitrogens is 1. The zero-order valence-corrected chi connectivity index (χ0v) is 15.3. The van der Waals surface area contributed by atoms with Crippen molar-refractivity contribution in [2.45, 2.75) is 45.6 Å². The van der Waals surface area contributed by atoms with Gasteiger partial charge in [0, 0.05) is 24.7 Å². The fourth-order valence-electron chi connectivity index (χ4n) is 3.24. The first kappa shape index (κ1) is 18.2. The minimum Gasteiger partial charge on any atom is -0.443 e. The molecule has 6 nitrogen and oxygen atoms in total. The van der Waals surface area contributed by atoms with Crippen LogP contribution < -0.4 is 5.32 Å². The molecule has 0 unspecified atom stereocenters. The second kappa shape index (κ2) is 8.17. The van der Waals surface area contributed by atoms with Gasteiger partial charge in [-0.1, -0.05) is 31.0 Å². The van der Waals surface area contributed by atoms with Gasteiger partial charge < -0.3 is 14.6 Å². The number of hydrogen-bond donors (Lipinski definition) is 1. The molecule has 1 aliphatic heterocycles. The van der Waals surface area contributed by atoms with Crippen LogP contribution >= 0.6 is 0 Å². The fourth-order valence-corrected chi connectivity index (χ4v) is 3.24. The molecule has 1 fully saturated rings. The second-order valence-electron chi connectivity index (χ2n) is 6.91. The Balaban J connectivity index is 1.94. The van der Waals surface area contributed by atoms with Gasteiger partial charge in [-0.25, -0.2) is 4.98 Å². The van der Waals surface area contributed by atoms with Crippen molar-refractivity contribution >= 4 is 11.8 Å². The Labute approximate surface area is 153 Å². The Bertz CT molecular complexity index is 774. The highest BCUT2D eigenvalue weighted by Gasteiger charge is 2.25. The zero-order chi connectivity index (χ0) is 18.5. The number of nitrogens with one attached hydrogen (secondary N) is 1. The van der Waals surface area contributed by atoms with E-state index in [4.69, 9.17) is 4.42 Å². The van der Waals surface area contributed by atoms with E-state index < -0.39 is 0 Å². The van der Waals surface area contributed by atoms with Crippen LogP contribution in [-0.4, -0.2) is 40.8 Å². The Hall–Kier alpha value is -2.63. The summed E-state index contributed by atoms with van der Waals surface area (Å²) in [6.45, 7) is 5.30. The fraction of sp³-hybridized carbons (Fsp3) is 0.450. The number of oxazole rings is 1. The Morgan fingerprint density at radius 2 is 1.81 bits per heavy atom. The molecular weight excluding hydrogens is 330 g/mol. The first-order valence-electron chi connectivity index (χ1n) is 9.21. The van der Waals surface area contributed by atoms with E-state index in [0.29, 0.717) is 16.9 Å². The summed E-state index contributed by atoms with van der Waals surface area (Å²) in [6.07, 6.45) is 5.62. The number of benzene rings is 1. The SMILES string of the molecule is CC(C)NC(=O)c1ncoc1-c1ccccc1C(=O)N1CCCCCC1. The molecule has 26 heavy (non-hydrogen) atoms. The standard InChI is InChI=1S/C20H25N3O3/c1-14(2)22-19(24)17-18(26-13-21-17)15-9-5-6-10-16(15)20(25)23-11-7-3-4-8-12-23/h5-6,9-10,13-14H,3-4,7-8,11-12H2,1-2H3,(H,22,24). The predicted molar refractivity (Wildman–Crippen MR) is 98.9 cm³/mol. The van der Waals surface area contributed by atoms with Crippen molar-refractivity contribution in [1.82, 2.24) is 15.2 Å². The Morgan fingerprint density at radius 3 is 2.50 bits per heavy atom. The maximum atomic E-state index is 13.1. The summed E-state index contributed by atoms with van der Waals surface area (Å²) in [5.41, 5.74) is 1.35. The van der Waals surface area contributed by atoms with E-state index >= 15 is 0 Å². The lowest BCUT2D eigenvalue weighted by Crippen LogP contribution is -2.32. The largest absolute Gasteiger partial charge is 0.443 e. The molecule has 1 aromatic heterocycles. The van der Waals surface area contributed by atoms with Gasteiger partial charge in [0.05, 0.1) is 5.56 Å². The molecule has 0 aliphatic carbocycles. The quantitative estimate of drug-likeness (QED) is 0.911. The lowest BCUT2D eigenvalue weighted by molar-refractivity contribution is 0.0761. The third-order valence-electron chi connectivity index (χ3n) is 4.50. The number of hydrogen-bond acceptors (Lipinski definition) is 4. The lowest BCUT2D eigenvalue weighted by atomic mass is 10.0. The molecule has 0 saturated carbocycles. The molecule has 2 heterocycles. The Kier molecular flexibility index (Phi) is 5.71. The third-order valence-corrected chi connectivity index (χ3v) is 4.50. The van der Waals surface area contributed by atoms with E-state index in [1.165, 1.54) is 6.39 Å². The van der Waals surface area contributed by atoms with Crippen LogP contribution in [0.25, 0.3) is 11.3 Å². The summed E-state index contributed by atoms with van der Waals surface area (Å²) in [4.78, 5) is 31.5. The van der Waals surface area contributed by atoms with Gasteiger partial charge in [0.1, 0.15) is 0 Å². The number of likely N-dealkylation sites (tertiary alicyclic amines) is 1. The minimum absolute atomic E-state index is 0.0129. The molecule has 0 bridgehead atoms. The van der Waals surface area contributed by atoms with E-state index in [-0.39, 0.29) is 23.6 Å². The summed E-state index contributed by atoms with van der Waals surface area (Å²) in [7, 11) is 0. The van der Waals surface area contributed by atoms with E-state index in [1.807, 2.05) is 30.9 Å². The molecule has 3 rings (SSSR count). The molecule has 1 N–H and O–H groups in total. The Morgan fingerprint density at radius 1 is 1.12 bits per heavy atom. The lowest BCUT2D eigenvalue weighted by Gasteiger charge is -2.21. The first-order chi connectivity index (χ1) is 12.6. The van der Waals surface area contributed by atoms with E-state index in [9.17, 15) is 9.59 Å². The van der Waals surface area contributed by atoms with Crippen LogP contribution in [0.1, 0.15) is 60.4 Å². The maximum Gasteiger partial charge on any atom is 0.274 e. The zero-order valence-electron chi connectivity index (χ0n) is 15.3. The van der Waals surface area contributed by atoms with Crippen LogP contribution in [-0.2, 0) is 0 Å². The summed E-state index contributed by atoms with van der Waals surface area (Å²) in [6, 6.07) is 7.24. The van der Waals surface area contributed by atoms with Gasteiger partial charge in [-0.05, 0) is 32.8 Å². The molecule has 1 aromatic carbocycles. The average molecular weight is 355 g/mol.